The van der Waals surface area contributed by atoms with Gasteiger partial charge in [-0.2, -0.15) is 5.26 Å². The van der Waals surface area contributed by atoms with Gasteiger partial charge >= 0.3 is 5.97 Å². The third-order valence-electron chi connectivity index (χ3n) is 2.28. The van der Waals surface area contributed by atoms with E-state index in [0.717, 1.165) is 11.1 Å². The van der Waals surface area contributed by atoms with Gasteiger partial charge in [-0.25, -0.2) is 4.79 Å². The molecular formula is C11H12N2O2. The lowest BCUT2D eigenvalue weighted by atomic mass is 9.96. The summed E-state index contributed by atoms with van der Waals surface area (Å²) in [4.78, 5) is 10.8. The number of carbonyl (C=O) groups is 1. The van der Waals surface area contributed by atoms with Gasteiger partial charge in [-0.15, -0.1) is 0 Å². The minimum Gasteiger partial charge on any atom is -0.478 e. The van der Waals surface area contributed by atoms with Crippen LogP contribution in [0.5, 0.6) is 0 Å². The molecule has 0 amide bonds. The average molecular weight is 204 g/mol. The first-order valence-corrected chi connectivity index (χ1v) is 4.63. The zero-order valence-corrected chi connectivity index (χ0v) is 8.45. The average Bonchev–Trinajstić information content (AvgIpc) is 2.26. The molecule has 0 saturated heterocycles. The highest BCUT2D eigenvalue weighted by Crippen LogP contribution is 2.18. The van der Waals surface area contributed by atoms with Crippen molar-refractivity contribution >= 4 is 5.97 Å². The van der Waals surface area contributed by atoms with Crippen LogP contribution in [0.2, 0.25) is 0 Å². The Morgan fingerprint density at radius 1 is 1.60 bits per heavy atom. The van der Waals surface area contributed by atoms with E-state index in [4.69, 9.17) is 16.1 Å². The number of hydrogen-bond donors (Lipinski definition) is 2. The van der Waals surface area contributed by atoms with Crippen LogP contribution in [0.3, 0.4) is 0 Å². The summed E-state index contributed by atoms with van der Waals surface area (Å²) < 4.78 is 0. The smallest absolute Gasteiger partial charge is 0.335 e. The Kier molecular flexibility index (Phi) is 3.42. The lowest BCUT2D eigenvalue weighted by Gasteiger charge is -2.09. The van der Waals surface area contributed by atoms with Crippen LogP contribution in [0.25, 0.3) is 0 Å². The number of rotatable bonds is 3. The van der Waals surface area contributed by atoms with E-state index in [2.05, 4.69) is 0 Å². The van der Waals surface area contributed by atoms with Crippen LogP contribution in [-0.2, 0) is 13.0 Å². The molecule has 4 nitrogen and oxygen atoms in total. The number of aromatic carboxylic acids is 1. The molecule has 0 fully saturated rings. The van der Waals surface area contributed by atoms with Crippen molar-refractivity contribution in [2.75, 3.05) is 0 Å². The van der Waals surface area contributed by atoms with Crippen molar-refractivity contribution in [2.45, 2.75) is 19.9 Å². The van der Waals surface area contributed by atoms with Crippen LogP contribution in [-0.4, -0.2) is 11.1 Å². The van der Waals surface area contributed by atoms with Crippen molar-refractivity contribution in [3.05, 3.63) is 34.4 Å². The second-order valence-electron chi connectivity index (χ2n) is 3.14. The monoisotopic (exact) mass is 204 g/mol. The van der Waals surface area contributed by atoms with Crippen LogP contribution in [0.1, 0.15) is 34.0 Å². The number of carboxylic acids is 1. The summed E-state index contributed by atoms with van der Waals surface area (Å²) in [5.74, 6) is -1.04. The molecule has 1 aromatic carbocycles. The molecule has 0 atom stereocenters. The summed E-state index contributed by atoms with van der Waals surface area (Å²) in [6.45, 7) is 2.16. The quantitative estimate of drug-likeness (QED) is 0.776. The van der Waals surface area contributed by atoms with E-state index < -0.39 is 5.97 Å². The Bertz CT molecular complexity index is 433. The van der Waals surface area contributed by atoms with Crippen molar-refractivity contribution in [3.8, 4) is 6.07 Å². The Labute approximate surface area is 87.9 Å². The Hall–Kier alpha value is -1.86. The van der Waals surface area contributed by atoms with Gasteiger partial charge in [-0.05, 0) is 29.7 Å². The van der Waals surface area contributed by atoms with Gasteiger partial charge in [0.05, 0.1) is 17.2 Å². The molecule has 0 aliphatic rings. The fourth-order valence-electron chi connectivity index (χ4n) is 1.55. The molecular weight excluding hydrogens is 192 g/mol. The van der Waals surface area contributed by atoms with Gasteiger partial charge in [0.25, 0.3) is 0 Å². The van der Waals surface area contributed by atoms with Crippen molar-refractivity contribution in [1.29, 1.82) is 5.26 Å². The molecule has 1 aromatic rings. The molecule has 4 heteroatoms. The fraction of sp³-hybridized carbons (Fsp3) is 0.273. The zero-order chi connectivity index (χ0) is 11.4. The Balaban J connectivity index is 3.44. The molecule has 0 spiro atoms. The number of nitrogens with two attached hydrogens (primary N) is 1. The number of benzene rings is 1. The summed E-state index contributed by atoms with van der Waals surface area (Å²) in [7, 11) is 0. The second kappa shape index (κ2) is 4.58. The van der Waals surface area contributed by atoms with E-state index in [-0.39, 0.29) is 12.1 Å². The van der Waals surface area contributed by atoms with Crippen LogP contribution in [0.4, 0.5) is 0 Å². The van der Waals surface area contributed by atoms with Crippen LogP contribution >= 0.6 is 0 Å². The zero-order valence-electron chi connectivity index (χ0n) is 8.45. The first-order valence-electron chi connectivity index (χ1n) is 4.63. The molecule has 0 saturated carbocycles. The molecule has 0 aliphatic carbocycles. The second-order valence-corrected chi connectivity index (χ2v) is 3.14. The maximum absolute atomic E-state index is 10.8. The summed E-state index contributed by atoms with van der Waals surface area (Å²) in [5, 5.41) is 17.7. The lowest BCUT2D eigenvalue weighted by molar-refractivity contribution is 0.0696. The molecule has 3 N–H and O–H groups in total. The molecule has 0 heterocycles. The molecule has 0 bridgehead atoms. The van der Waals surface area contributed by atoms with Crippen LogP contribution in [0.15, 0.2) is 12.1 Å². The predicted octanol–water partition coefficient (Wildman–Crippen LogP) is 1.28. The highest BCUT2D eigenvalue weighted by molar-refractivity contribution is 5.88. The summed E-state index contributed by atoms with van der Waals surface area (Å²) in [6, 6.07) is 4.92. The number of nitrogens with zero attached hydrogens (tertiary/aromatic N) is 1. The van der Waals surface area contributed by atoms with Crippen molar-refractivity contribution in [1.82, 2.24) is 0 Å². The third kappa shape index (κ3) is 2.14. The van der Waals surface area contributed by atoms with E-state index in [1.165, 1.54) is 12.1 Å². The largest absolute Gasteiger partial charge is 0.478 e. The molecule has 0 radical (unpaired) electrons. The van der Waals surface area contributed by atoms with Gasteiger partial charge in [0.1, 0.15) is 0 Å². The first-order chi connectivity index (χ1) is 7.13. The third-order valence-corrected chi connectivity index (χ3v) is 2.28. The van der Waals surface area contributed by atoms with E-state index in [9.17, 15) is 4.79 Å². The lowest BCUT2D eigenvalue weighted by Crippen LogP contribution is -2.07. The van der Waals surface area contributed by atoms with Crippen LogP contribution < -0.4 is 5.73 Å². The van der Waals surface area contributed by atoms with E-state index in [0.29, 0.717) is 12.0 Å². The van der Waals surface area contributed by atoms with Gasteiger partial charge in [-0.3, -0.25) is 0 Å². The van der Waals surface area contributed by atoms with Gasteiger partial charge < -0.3 is 10.8 Å². The van der Waals surface area contributed by atoms with Gasteiger partial charge in [-0.1, -0.05) is 6.92 Å². The maximum Gasteiger partial charge on any atom is 0.335 e. The number of hydrogen-bond acceptors (Lipinski definition) is 3. The maximum atomic E-state index is 10.8. The minimum absolute atomic E-state index is 0.115. The standard InChI is InChI=1S/C11H12N2O2/c1-2-10-8(5-12)3-7(11(14)15)4-9(10)6-13/h3-4H,2,5,12H2,1H3,(H,14,15). The first kappa shape index (κ1) is 11.2. The van der Waals surface area contributed by atoms with Gasteiger partial charge in [0, 0.05) is 6.54 Å². The molecule has 1 rings (SSSR count). The topological polar surface area (TPSA) is 87.1 Å². The number of carboxylic acid groups (broad SMARTS) is 1. The normalized spacial score (nSPS) is 9.67. The SMILES string of the molecule is CCc1c(C#N)cc(C(=O)O)cc1CN. The van der Waals surface area contributed by atoms with Gasteiger partial charge in [0.15, 0.2) is 0 Å². The summed E-state index contributed by atoms with van der Waals surface area (Å²) in [5.41, 5.74) is 7.60. The molecule has 0 unspecified atom stereocenters. The van der Waals surface area contributed by atoms with Crippen molar-refractivity contribution < 1.29 is 9.90 Å². The van der Waals surface area contributed by atoms with Crippen molar-refractivity contribution in [2.24, 2.45) is 5.73 Å². The minimum atomic E-state index is -1.04. The summed E-state index contributed by atoms with van der Waals surface area (Å²) in [6.07, 6.45) is 0.676. The highest BCUT2D eigenvalue weighted by Gasteiger charge is 2.11. The van der Waals surface area contributed by atoms with E-state index in [1.54, 1.807) is 0 Å². The molecule has 78 valence electrons. The van der Waals surface area contributed by atoms with E-state index >= 15 is 0 Å². The molecule has 0 aromatic heterocycles. The van der Waals surface area contributed by atoms with Crippen LogP contribution in [0, 0.1) is 11.3 Å². The molecule has 15 heavy (non-hydrogen) atoms. The highest BCUT2D eigenvalue weighted by atomic mass is 16.4. The molecule has 0 aliphatic heterocycles. The predicted molar refractivity (Wildman–Crippen MR) is 55.4 cm³/mol. The van der Waals surface area contributed by atoms with Crippen molar-refractivity contribution in [3.63, 3.8) is 0 Å². The summed E-state index contributed by atoms with van der Waals surface area (Å²) >= 11 is 0. The Morgan fingerprint density at radius 3 is 2.67 bits per heavy atom. The van der Waals surface area contributed by atoms with E-state index in [1.807, 2.05) is 13.0 Å². The Morgan fingerprint density at radius 2 is 2.27 bits per heavy atom. The van der Waals surface area contributed by atoms with Gasteiger partial charge in [0.2, 0.25) is 0 Å². The fourth-order valence-corrected chi connectivity index (χ4v) is 1.55. The number of nitriles is 1.